The van der Waals surface area contributed by atoms with Crippen molar-refractivity contribution in [2.75, 3.05) is 0 Å². The lowest BCUT2D eigenvalue weighted by atomic mass is 9.91. The van der Waals surface area contributed by atoms with Gasteiger partial charge in [-0.15, -0.1) is 0 Å². The summed E-state index contributed by atoms with van der Waals surface area (Å²) in [6.07, 6.45) is 1.08. The monoisotopic (exact) mass is 233 g/mol. The van der Waals surface area contributed by atoms with Gasteiger partial charge in [-0.2, -0.15) is 0 Å². The van der Waals surface area contributed by atoms with Crippen molar-refractivity contribution < 1.29 is 0 Å². The van der Waals surface area contributed by atoms with Gasteiger partial charge < -0.3 is 0 Å². The zero-order valence-electron chi connectivity index (χ0n) is 10.7. The molecule has 0 N–H and O–H groups in total. The normalized spacial score (nSPS) is 13.0. The van der Waals surface area contributed by atoms with Crippen LogP contribution in [0, 0.1) is 6.92 Å². The van der Waals surface area contributed by atoms with E-state index in [0.717, 1.165) is 6.42 Å². The molecule has 3 aromatic rings. The van der Waals surface area contributed by atoms with Gasteiger partial charge >= 0.3 is 0 Å². The summed E-state index contributed by atoms with van der Waals surface area (Å²) < 4.78 is 0. The molecule has 18 heavy (non-hydrogen) atoms. The van der Waals surface area contributed by atoms with Crippen molar-refractivity contribution >= 4 is 21.5 Å². The summed E-state index contributed by atoms with van der Waals surface area (Å²) in [4.78, 5) is 0. The molecule has 0 aliphatic heterocycles. The molecule has 0 aromatic heterocycles. The minimum Gasteiger partial charge on any atom is -0.0648 e. The molecule has 1 unspecified atom stereocenters. The molecule has 0 fully saturated rings. The Balaban J connectivity index is 2.36. The highest BCUT2D eigenvalue weighted by molar-refractivity contribution is 5.99. The molecule has 0 bridgehead atoms. The predicted octanol–water partition coefficient (Wildman–Crippen LogP) is 5.32. The van der Waals surface area contributed by atoms with Crippen LogP contribution in [0.5, 0.6) is 0 Å². The summed E-state index contributed by atoms with van der Waals surface area (Å²) in [5.74, 6) is 0.370. The molecule has 0 aliphatic rings. The number of fused-ring (bicyclic) bond motifs is 2. The van der Waals surface area contributed by atoms with Gasteiger partial charge in [0.05, 0.1) is 0 Å². The van der Waals surface area contributed by atoms with Crippen molar-refractivity contribution in [3.8, 4) is 0 Å². The van der Waals surface area contributed by atoms with Gasteiger partial charge in [0.1, 0.15) is 0 Å². The average Bonchev–Trinajstić information content (AvgIpc) is 2.43. The maximum atomic E-state index is 4.26. The second kappa shape index (κ2) is 4.45. The molecule has 1 atom stereocenters. The first-order valence-electron chi connectivity index (χ1n) is 6.54. The summed E-state index contributed by atoms with van der Waals surface area (Å²) in [6.45, 7) is 6.45. The van der Waals surface area contributed by atoms with E-state index in [1.807, 2.05) is 0 Å². The summed E-state index contributed by atoms with van der Waals surface area (Å²) in [5, 5.41) is 5.27. The van der Waals surface area contributed by atoms with Crippen LogP contribution in [-0.4, -0.2) is 0 Å². The minimum atomic E-state index is 0.370. The second-order valence-electron chi connectivity index (χ2n) is 4.87. The molecule has 3 rings (SSSR count). The third-order valence-corrected chi connectivity index (χ3v) is 3.71. The van der Waals surface area contributed by atoms with Crippen molar-refractivity contribution in [1.29, 1.82) is 0 Å². The first-order valence-corrected chi connectivity index (χ1v) is 6.54. The van der Waals surface area contributed by atoms with Crippen LogP contribution < -0.4 is 0 Å². The Bertz CT molecular complexity index is 695. The van der Waals surface area contributed by atoms with Gasteiger partial charge in [0.25, 0.3) is 0 Å². The van der Waals surface area contributed by atoms with E-state index in [2.05, 4.69) is 68.4 Å². The summed E-state index contributed by atoms with van der Waals surface area (Å²) >= 11 is 0. The number of hydrogen-bond donors (Lipinski definition) is 0. The molecule has 0 saturated carbocycles. The van der Waals surface area contributed by atoms with Gasteiger partial charge in [-0.3, -0.25) is 0 Å². The smallest absolute Gasteiger partial charge is 0.0143 e. The van der Waals surface area contributed by atoms with Crippen LogP contribution in [0.3, 0.4) is 0 Å². The van der Waals surface area contributed by atoms with Crippen molar-refractivity contribution in [3.05, 3.63) is 67.1 Å². The van der Waals surface area contributed by atoms with E-state index in [1.54, 1.807) is 0 Å². The van der Waals surface area contributed by atoms with Gasteiger partial charge in [0.15, 0.2) is 0 Å². The molecule has 0 heteroatoms. The third-order valence-electron chi connectivity index (χ3n) is 3.71. The highest BCUT2D eigenvalue weighted by Crippen LogP contribution is 2.30. The quantitative estimate of drug-likeness (QED) is 0.525. The molecule has 89 valence electrons. The van der Waals surface area contributed by atoms with Gasteiger partial charge in [-0.1, -0.05) is 49.4 Å². The van der Waals surface area contributed by atoms with Crippen molar-refractivity contribution in [1.82, 2.24) is 0 Å². The maximum absolute atomic E-state index is 4.26. The topological polar surface area (TPSA) is 0 Å². The van der Waals surface area contributed by atoms with Crippen LogP contribution in [-0.2, 0) is 0 Å². The van der Waals surface area contributed by atoms with E-state index in [1.165, 1.54) is 27.1 Å². The summed E-state index contributed by atoms with van der Waals surface area (Å²) in [5.41, 5.74) is 1.36. The molecule has 0 nitrogen and oxygen atoms in total. The number of benzene rings is 3. The van der Waals surface area contributed by atoms with Crippen LogP contribution in [0.1, 0.15) is 24.8 Å². The van der Waals surface area contributed by atoms with Gasteiger partial charge in [0, 0.05) is 0 Å². The van der Waals surface area contributed by atoms with Gasteiger partial charge in [-0.05, 0) is 58.5 Å². The fourth-order valence-electron chi connectivity index (χ4n) is 2.57. The van der Waals surface area contributed by atoms with E-state index in [9.17, 15) is 0 Å². The van der Waals surface area contributed by atoms with Crippen LogP contribution in [0.2, 0.25) is 0 Å². The van der Waals surface area contributed by atoms with Crippen LogP contribution in [0.15, 0.2) is 54.6 Å². The Morgan fingerprint density at radius 3 is 2.28 bits per heavy atom. The van der Waals surface area contributed by atoms with E-state index < -0.39 is 0 Å². The summed E-state index contributed by atoms with van der Waals surface area (Å²) in [7, 11) is 0. The zero-order valence-corrected chi connectivity index (χ0v) is 10.7. The molecule has 3 aromatic carbocycles. The Labute approximate surface area is 108 Å². The molecular formula is C18H17. The maximum Gasteiger partial charge on any atom is -0.0143 e. The Morgan fingerprint density at radius 2 is 1.56 bits per heavy atom. The molecule has 0 heterocycles. The molecule has 1 radical (unpaired) electrons. The molecule has 0 saturated heterocycles. The van der Waals surface area contributed by atoms with E-state index >= 15 is 0 Å². The molecular weight excluding hydrogens is 216 g/mol. The first kappa shape index (κ1) is 11.3. The fourth-order valence-corrected chi connectivity index (χ4v) is 2.57. The lowest BCUT2D eigenvalue weighted by Gasteiger charge is -2.13. The van der Waals surface area contributed by atoms with Gasteiger partial charge in [0.2, 0.25) is 0 Å². The second-order valence-corrected chi connectivity index (χ2v) is 4.87. The number of hydrogen-bond acceptors (Lipinski definition) is 0. The Kier molecular flexibility index (Phi) is 2.79. The molecule has 0 amide bonds. The van der Waals surface area contributed by atoms with Crippen molar-refractivity contribution in [3.63, 3.8) is 0 Å². The third kappa shape index (κ3) is 1.78. The van der Waals surface area contributed by atoms with E-state index in [-0.39, 0.29) is 0 Å². The number of rotatable bonds is 2. The SMILES string of the molecule is [CH2]C(CC)c1cccc2cc3ccccc3cc12. The average molecular weight is 233 g/mol. The molecule has 0 aliphatic carbocycles. The molecule has 0 spiro atoms. The Hall–Kier alpha value is -1.82. The first-order chi connectivity index (χ1) is 8.79. The van der Waals surface area contributed by atoms with Gasteiger partial charge in [-0.25, -0.2) is 0 Å². The van der Waals surface area contributed by atoms with E-state index in [0.29, 0.717) is 5.92 Å². The van der Waals surface area contributed by atoms with E-state index in [4.69, 9.17) is 0 Å². The largest absolute Gasteiger partial charge is 0.0648 e. The van der Waals surface area contributed by atoms with Crippen LogP contribution in [0.4, 0.5) is 0 Å². The van der Waals surface area contributed by atoms with Crippen LogP contribution >= 0.6 is 0 Å². The van der Waals surface area contributed by atoms with Crippen molar-refractivity contribution in [2.24, 2.45) is 0 Å². The lowest BCUT2D eigenvalue weighted by molar-refractivity contribution is 0.809. The fraction of sp³-hybridized carbons (Fsp3) is 0.167. The van der Waals surface area contributed by atoms with Crippen LogP contribution in [0.25, 0.3) is 21.5 Å². The zero-order chi connectivity index (χ0) is 12.5. The Morgan fingerprint density at radius 1 is 0.889 bits per heavy atom. The lowest BCUT2D eigenvalue weighted by Crippen LogP contribution is -1.93. The van der Waals surface area contributed by atoms with Crippen molar-refractivity contribution in [2.45, 2.75) is 19.3 Å². The highest BCUT2D eigenvalue weighted by Gasteiger charge is 2.08. The summed E-state index contributed by atoms with van der Waals surface area (Å²) in [6, 6.07) is 19.6. The predicted molar refractivity (Wildman–Crippen MR) is 79.8 cm³/mol. The highest BCUT2D eigenvalue weighted by atomic mass is 14.1. The minimum absolute atomic E-state index is 0.370. The standard InChI is InChI=1S/C18H17/c1-3-13(2)17-10-6-9-16-11-14-7-4-5-8-15(14)12-18(16)17/h4-13H,2-3H2,1H3.